The van der Waals surface area contributed by atoms with Gasteiger partial charge in [-0.15, -0.1) is 0 Å². The largest absolute Gasteiger partial charge is 0.487 e. The second kappa shape index (κ2) is 11.9. The summed E-state index contributed by atoms with van der Waals surface area (Å²) in [4.78, 5) is 15.3. The highest BCUT2D eigenvalue weighted by molar-refractivity contribution is 7.88. The molecule has 0 radical (unpaired) electrons. The summed E-state index contributed by atoms with van der Waals surface area (Å²) in [5.41, 5.74) is 3.22. The standard InChI is InChI=1S/C29H36ClN3O5S/c1-19-5-4-7-27(34)25-12-9-22(25)17-33-14-3-2-6-20-15-24(30)11-8-23(20)18-38-28-13-10-21(16-26(28)33)29(35)32-39(36,37)31-19/h4,7-8,10-11,13,15-16,19,22,25,27,31,34H,2-3,5-6,9,12,14,17-18H2,1H3,(H,32,35)/b7-4+/t19-,22+,25-,27?/m1/s1. The number of anilines is 1. The number of aliphatic hydroxyl groups excluding tert-OH is 1. The second-order valence-electron chi connectivity index (χ2n) is 10.9. The van der Waals surface area contributed by atoms with E-state index in [2.05, 4.69) is 14.3 Å². The zero-order valence-electron chi connectivity index (χ0n) is 22.1. The van der Waals surface area contributed by atoms with Crippen LogP contribution in [0.25, 0.3) is 0 Å². The van der Waals surface area contributed by atoms with E-state index in [1.807, 2.05) is 24.3 Å². The van der Waals surface area contributed by atoms with Crippen molar-refractivity contribution in [1.29, 1.82) is 0 Å². The summed E-state index contributed by atoms with van der Waals surface area (Å²) in [6.45, 7) is 3.52. The Kier molecular flexibility index (Phi) is 8.52. The van der Waals surface area contributed by atoms with Crippen molar-refractivity contribution in [1.82, 2.24) is 9.44 Å². The molecule has 2 aromatic carbocycles. The number of carbonyl (C=O) groups is 1. The van der Waals surface area contributed by atoms with Gasteiger partial charge in [-0.25, -0.2) is 4.72 Å². The average Bonchev–Trinajstić information content (AvgIpc) is 2.88. The van der Waals surface area contributed by atoms with Crippen LogP contribution >= 0.6 is 11.6 Å². The van der Waals surface area contributed by atoms with Gasteiger partial charge in [-0.1, -0.05) is 29.8 Å². The van der Waals surface area contributed by atoms with Crippen LogP contribution in [0.4, 0.5) is 5.69 Å². The highest BCUT2D eigenvalue weighted by Gasteiger charge is 2.37. The molecule has 1 amide bonds. The van der Waals surface area contributed by atoms with Crippen LogP contribution in [0.1, 0.15) is 60.5 Å². The lowest BCUT2D eigenvalue weighted by Crippen LogP contribution is -2.44. The number of benzene rings is 2. The van der Waals surface area contributed by atoms with Gasteiger partial charge in [-0.2, -0.15) is 13.1 Å². The number of aryl methyl sites for hydroxylation is 1. The average molecular weight is 574 g/mol. The summed E-state index contributed by atoms with van der Waals surface area (Å²) in [5, 5.41) is 11.6. The number of carbonyl (C=O) groups excluding carboxylic acids is 1. The quantitative estimate of drug-likeness (QED) is 0.404. The van der Waals surface area contributed by atoms with Crippen molar-refractivity contribution in [2.75, 3.05) is 18.0 Å². The highest BCUT2D eigenvalue weighted by Crippen LogP contribution is 2.40. The molecule has 3 aliphatic rings. The number of hydrogen-bond acceptors (Lipinski definition) is 6. The maximum Gasteiger partial charge on any atom is 0.301 e. The molecule has 10 heteroatoms. The summed E-state index contributed by atoms with van der Waals surface area (Å²) in [6, 6.07) is 10.5. The third-order valence-electron chi connectivity index (χ3n) is 8.01. The molecule has 210 valence electrons. The molecule has 0 saturated heterocycles. The van der Waals surface area contributed by atoms with Crippen molar-refractivity contribution in [3.8, 4) is 5.75 Å². The van der Waals surface area contributed by atoms with Crippen molar-refractivity contribution in [2.24, 2.45) is 11.8 Å². The van der Waals surface area contributed by atoms with Crippen LogP contribution in [0, 0.1) is 11.8 Å². The molecule has 5 rings (SSSR count). The number of nitrogens with zero attached hydrogens (tertiary/aromatic N) is 1. The maximum absolute atomic E-state index is 13.1. The predicted molar refractivity (Wildman–Crippen MR) is 152 cm³/mol. The van der Waals surface area contributed by atoms with Crippen LogP contribution in [0.5, 0.6) is 5.75 Å². The lowest BCUT2D eigenvalue weighted by Gasteiger charge is -2.42. The Balaban J connectivity index is 1.52. The first-order chi connectivity index (χ1) is 18.7. The van der Waals surface area contributed by atoms with E-state index in [9.17, 15) is 18.3 Å². The van der Waals surface area contributed by atoms with E-state index in [-0.39, 0.29) is 11.5 Å². The molecule has 39 heavy (non-hydrogen) atoms. The van der Waals surface area contributed by atoms with Crippen molar-refractivity contribution in [2.45, 2.75) is 64.2 Å². The minimum atomic E-state index is -4.08. The Morgan fingerprint density at radius 2 is 1.95 bits per heavy atom. The fourth-order valence-corrected chi connectivity index (χ4v) is 6.96. The first-order valence-corrected chi connectivity index (χ1v) is 15.5. The van der Waals surface area contributed by atoms with E-state index < -0.39 is 28.3 Å². The molecule has 8 nitrogen and oxygen atoms in total. The second-order valence-corrected chi connectivity index (χ2v) is 12.8. The van der Waals surface area contributed by atoms with E-state index in [1.165, 1.54) is 5.56 Å². The van der Waals surface area contributed by atoms with Crippen LogP contribution in [0.2, 0.25) is 5.02 Å². The summed E-state index contributed by atoms with van der Waals surface area (Å²) >= 11 is 6.28. The van der Waals surface area contributed by atoms with E-state index in [4.69, 9.17) is 16.3 Å². The maximum atomic E-state index is 13.1. The SMILES string of the molecule is C[C@@H]1C/C=C/C(O)[C@@H]2CC[C@H]2CN2CCCCc3cc(Cl)ccc3COc3ccc(cc32)C(=O)NS(=O)(=O)N1. The van der Waals surface area contributed by atoms with E-state index >= 15 is 0 Å². The third-order valence-corrected chi connectivity index (χ3v) is 9.42. The Morgan fingerprint density at radius 3 is 2.74 bits per heavy atom. The van der Waals surface area contributed by atoms with Crippen molar-refractivity contribution < 1.29 is 23.1 Å². The minimum Gasteiger partial charge on any atom is -0.487 e. The smallest absolute Gasteiger partial charge is 0.301 e. The molecule has 2 heterocycles. The van der Waals surface area contributed by atoms with Gasteiger partial charge < -0.3 is 14.7 Å². The van der Waals surface area contributed by atoms with Crippen molar-refractivity contribution in [3.63, 3.8) is 0 Å². The Morgan fingerprint density at radius 1 is 1.10 bits per heavy atom. The number of amides is 1. The first kappa shape index (κ1) is 28.0. The molecule has 0 aromatic heterocycles. The minimum absolute atomic E-state index is 0.126. The molecule has 1 fully saturated rings. The number of fused-ring (bicyclic) bond motifs is 3. The van der Waals surface area contributed by atoms with Gasteiger partial charge in [0, 0.05) is 29.7 Å². The van der Waals surface area contributed by atoms with Gasteiger partial charge >= 0.3 is 10.2 Å². The zero-order chi connectivity index (χ0) is 27.6. The van der Waals surface area contributed by atoms with E-state index in [1.54, 1.807) is 31.2 Å². The van der Waals surface area contributed by atoms with Crippen molar-refractivity contribution >= 4 is 33.4 Å². The number of nitrogens with one attached hydrogen (secondary N) is 2. The zero-order valence-corrected chi connectivity index (χ0v) is 23.7. The van der Waals surface area contributed by atoms with Gasteiger partial charge in [0.2, 0.25) is 0 Å². The predicted octanol–water partition coefficient (Wildman–Crippen LogP) is 4.36. The van der Waals surface area contributed by atoms with Gasteiger partial charge in [-0.3, -0.25) is 4.79 Å². The highest BCUT2D eigenvalue weighted by atomic mass is 35.5. The van der Waals surface area contributed by atoms with Crippen LogP contribution in [-0.2, 0) is 23.2 Å². The van der Waals surface area contributed by atoms with Crippen LogP contribution in [0.15, 0.2) is 48.6 Å². The molecular formula is C29H36ClN3O5S. The molecule has 1 saturated carbocycles. The first-order valence-electron chi connectivity index (χ1n) is 13.7. The lowest BCUT2D eigenvalue weighted by molar-refractivity contribution is 0.0461. The van der Waals surface area contributed by atoms with Gasteiger partial charge in [0.25, 0.3) is 5.91 Å². The monoisotopic (exact) mass is 573 g/mol. The Hall–Kier alpha value is -2.59. The Labute approximate surface area is 235 Å². The number of rotatable bonds is 0. The Bertz CT molecular complexity index is 1350. The molecule has 1 unspecified atom stereocenters. The number of aliphatic hydroxyl groups is 1. The molecular weight excluding hydrogens is 538 g/mol. The van der Waals surface area contributed by atoms with Gasteiger partial charge in [0.1, 0.15) is 12.4 Å². The normalized spacial score (nSPS) is 28.4. The topological polar surface area (TPSA) is 108 Å². The molecule has 2 bridgehead atoms. The molecule has 1 aliphatic carbocycles. The number of hydrogen-bond donors (Lipinski definition) is 3. The van der Waals surface area contributed by atoms with E-state index in [0.717, 1.165) is 49.9 Å². The number of halogens is 1. The lowest BCUT2D eigenvalue weighted by atomic mass is 9.70. The molecule has 0 spiro atoms. The fraction of sp³-hybridized carbons (Fsp3) is 0.483. The fourth-order valence-electron chi connectivity index (χ4n) is 5.72. The molecule has 2 aromatic rings. The molecule has 4 atom stereocenters. The van der Waals surface area contributed by atoms with Crippen molar-refractivity contribution in [3.05, 3.63) is 70.3 Å². The molecule has 3 N–H and O–H groups in total. The number of ether oxygens (including phenoxy) is 1. The van der Waals surface area contributed by atoms with E-state index in [0.29, 0.717) is 36.3 Å². The van der Waals surface area contributed by atoms with Crippen LogP contribution in [-0.4, -0.2) is 44.7 Å². The molecule has 2 aliphatic heterocycles. The third kappa shape index (κ3) is 6.77. The van der Waals surface area contributed by atoms with Crippen LogP contribution < -0.4 is 19.1 Å². The van der Waals surface area contributed by atoms with Gasteiger partial charge in [0.05, 0.1) is 11.8 Å². The van der Waals surface area contributed by atoms with Gasteiger partial charge in [-0.05, 0) is 98.7 Å². The summed E-state index contributed by atoms with van der Waals surface area (Å²) in [6.07, 6.45) is 8.11. The van der Waals surface area contributed by atoms with Gasteiger partial charge in [0.15, 0.2) is 0 Å². The van der Waals surface area contributed by atoms with Crippen LogP contribution in [0.3, 0.4) is 0 Å². The summed E-state index contributed by atoms with van der Waals surface area (Å²) in [7, 11) is -4.08. The summed E-state index contributed by atoms with van der Waals surface area (Å²) in [5.74, 6) is 0.342. The summed E-state index contributed by atoms with van der Waals surface area (Å²) < 4.78 is 36.3.